The van der Waals surface area contributed by atoms with E-state index in [1.807, 2.05) is 0 Å². The van der Waals surface area contributed by atoms with Crippen molar-refractivity contribution in [2.45, 2.75) is 66.7 Å². The zero-order valence-corrected chi connectivity index (χ0v) is 15.4. The van der Waals surface area contributed by atoms with Gasteiger partial charge in [0.1, 0.15) is 0 Å². The van der Waals surface area contributed by atoms with E-state index in [9.17, 15) is 4.39 Å². The van der Waals surface area contributed by atoms with Crippen molar-refractivity contribution < 1.29 is 4.39 Å². The van der Waals surface area contributed by atoms with E-state index < -0.39 is 0 Å². The predicted octanol–water partition coefficient (Wildman–Crippen LogP) is 6.92. The third kappa shape index (κ3) is 4.13. The summed E-state index contributed by atoms with van der Waals surface area (Å²) >= 11 is 0. The summed E-state index contributed by atoms with van der Waals surface area (Å²) in [5.41, 5.74) is 8.53. The maximum atomic E-state index is 12.1. The lowest BCUT2D eigenvalue weighted by molar-refractivity contribution is 0.312. The molecule has 0 unspecified atom stereocenters. The summed E-state index contributed by atoms with van der Waals surface area (Å²) in [4.78, 5) is 0. The molecule has 1 aromatic carbocycles. The van der Waals surface area contributed by atoms with Crippen LogP contribution in [-0.2, 0) is 0 Å². The first-order chi connectivity index (χ1) is 11.0. The number of benzene rings is 1. The monoisotopic (exact) mass is 314 g/mol. The average Bonchev–Trinajstić information content (AvgIpc) is 2.57. The Balaban J connectivity index is 2.08. The van der Waals surface area contributed by atoms with Gasteiger partial charge in [-0.05, 0) is 112 Å². The Kier molecular flexibility index (Phi) is 6.21. The van der Waals surface area contributed by atoms with Crippen molar-refractivity contribution in [2.75, 3.05) is 0 Å². The van der Waals surface area contributed by atoms with Crippen molar-refractivity contribution in [3.8, 4) is 0 Å². The lowest BCUT2D eigenvalue weighted by atomic mass is 9.80. The van der Waals surface area contributed by atoms with Gasteiger partial charge in [0.15, 0.2) is 0 Å². The lowest BCUT2D eigenvalue weighted by Gasteiger charge is -2.26. The minimum absolute atomic E-state index is 0.680. The molecule has 0 aliphatic heterocycles. The highest BCUT2D eigenvalue weighted by Gasteiger charge is 2.19. The van der Waals surface area contributed by atoms with Crippen LogP contribution in [0.5, 0.6) is 0 Å². The van der Waals surface area contributed by atoms with E-state index in [4.69, 9.17) is 0 Å². The Morgan fingerprint density at radius 3 is 1.87 bits per heavy atom. The number of hydrogen-bond donors (Lipinski definition) is 0. The van der Waals surface area contributed by atoms with E-state index >= 15 is 0 Å². The Labute approximate surface area is 141 Å². The van der Waals surface area contributed by atoms with Gasteiger partial charge in [-0.25, -0.2) is 4.39 Å². The molecule has 0 atom stereocenters. The van der Waals surface area contributed by atoms with Crippen LogP contribution in [0.1, 0.15) is 65.5 Å². The van der Waals surface area contributed by atoms with Crippen LogP contribution in [-0.4, -0.2) is 0 Å². The van der Waals surface area contributed by atoms with Crippen molar-refractivity contribution in [3.63, 3.8) is 0 Å². The summed E-state index contributed by atoms with van der Waals surface area (Å²) in [5.74, 6) is 1.36. The normalized spacial score (nSPS) is 22.3. The topological polar surface area (TPSA) is 0 Å². The summed E-state index contributed by atoms with van der Waals surface area (Å²) in [7, 11) is 0. The second-order valence-electron chi connectivity index (χ2n) is 7.28. The van der Waals surface area contributed by atoms with E-state index in [1.165, 1.54) is 59.1 Å². The van der Waals surface area contributed by atoms with Crippen LogP contribution < -0.4 is 0 Å². The summed E-state index contributed by atoms with van der Waals surface area (Å²) in [6.07, 6.45) is 13.0. The fourth-order valence-corrected chi connectivity index (χ4v) is 3.87. The largest absolute Gasteiger partial charge is 0.216 e. The second-order valence-corrected chi connectivity index (χ2v) is 7.28. The molecule has 0 bridgehead atoms. The second kappa shape index (κ2) is 7.95. The molecule has 0 radical (unpaired) electrons. The van der Waals surface area contributed by atoms with Gasteiger partial charge in [0.05, 0.1) is 6.33 Å². The first-order valence-corrected chi connectivity index (χ1v) is 8.96. The molecule has 0 aromatic heterocycles. The first-order valence-electron chi connectivity index (χ1n) is 8.96. The van der Waals surface area contributed by atoms with E-state index in [1.54, 1.807) is 6.08 Å². The predicted molar refractivity (Wildman–Crippen MR) is 99.5 cm³/mol. The fraction of sp³-hybridized carbons (Fsp3) is 0.545. The van der Waals surface area contributed by atoms with E-state index in [2.05, 4.69) is 46.8 Å². The highest BCUT2D eigenvalue weighted by Crippen LogP contribution is 2.33. The van der Waals surface area contributed by atoms with Crippen molar-refractivity contribution in [1.29, 1.82) is 0 Å². The molecule has 1 aliphatic carbocycles. The molecule has 1 aliphatic rings. The van der Waals surface area contributed by atoms with Crippen LogP contribution in [0.15, 0.2) is 18.5 Å². The van der Waals surface area contributed by atoms with Crippen LogP contribution >= 0.6 is 0 Å². The summed E-state index contributed by atoms with van der Waals surface area (Å²) in [6.45, 7) is 11.2. The van der Waals surface area contributed by atoms with Crippen LogP contribution in [0, 0.1) is 46.5 Å². The third-order valence-electron chi connectivity index (χ3n) is 6.04. The molecule has 0 saturated heterocycles. The molecule has 1 aromatic rings. The maximum absolute atomic E-state index is 12.1. The van der Waals surface area contributed by atoms with E-state index in [0.717, 1.165) is 6.42 Å². The van der Waals surface area contributed by atoms with Gasteiger partial charge >= 0.3 is 0 Å². The third-order valence-corrected chi connectivity index (χ3v) is 6.04. The molecule has 1 heteroatoms. The van der Waals surface area contributed by atoms with Crippen LogP contribution in [0.2, 0.25) is 0 Å². The van der Waals surface area contributed by atoms with Gasteiger partial charge < -0.3 is 0 Å². The number of allylic oxidation sites excluding steroid dienone is 2. The van der Waals surface area contributed by atoms with Gasteiger partial charge in [0, 0.05) is 0 Å². The minimum Gasteiger partial charge on any atom is -0.216 e. The lowest BCUT2D eigenvalue weighted by Crippen LogP contribution is -2.12. The molecule has 126 valence electrons. The summed E-state index contributed by atoms with van der Waals surface area (Å²) in [6, 6.07) is 0. The quantitative estimate of drug-likeness (QED) is 0.565. The molecule has 1 saturated carbocycles. The molecule has 23 heavy (non-hydrogen) atoms. The van der Waals surface area contributed by atoms with Gasteiger partial charge in [0.25, 0.3) is 0 Å². The molecule has 0 N–H and O–H groups in total. The van der Waals surface area contributed by atoms with Crippen LogP contribution in [0.25, 0.3) is 6.08 Å². The molecule has 2 rings (SSSR count). The van der Waals surface area contributed by atoms with E-state index in [-0.39, 0.29) is 0 Å². The van der Waals surface area contributed by atoms with Crippen molar-refractivity contribution in [2.24, 2.45) is 11.8 Å². The molecular weight excluding hydrogens is 283 g/mol. The zero-order chi connectivity index (χ0) is 17.0. The highest BCUT2D eigenvalue weighted by molar-refractivity contribution is 5.63. The average molecular weight is 314 g/mol. The van der Waals surface area contributed by atoms with Crippen LogP contribution in [0.3, 0.4) is 0 Å². The number of halogens is 1. The Hall–Kier alpha value is -1.37. The smallest absolute Gasteiger partial charge is 0.0827 e. The van der Waals surface area contributed by atoms with Gasteiger partial charge in [-0.1, -0.05) is 18.2 Å². The van der Waals surface area contributed by atoms with Crippen LogP contribution in [0.4, 0.5) is 4.39 Å². The molecular formula is C22H31F. The fourth-order valence-electron chi connectivity index (χ4n) is 3.87. The Bertz CT molecular complexity index is 570. The van der Waals surface area contributed by atoms with Gasteiger partial charge in [-0.3, -0.25) is 0 Å². The van der Waals surface area contributed by atoms with Gasteiger partial charge in [-0.2, -0.15) is 0 Å². The number of rotatable bonds is 4. The molecule has 1 fully saturated rings. The first kappa shape index (κ1) is 18.0. The molecule has 0 amide bonds. The minimum atomic E-state index is 0.680. The summed E-state index contributed by atoms with van der Waals surface area (Å²) in [5, 5.41) is 0. The molecule has 0 heterocycles. The van der Waals surface area contributed by atoms with Gasteiger partial charge in [-0.15, -0.1) is 0 Å². The van der Waals surface area contributed by atoms with Crippen molar-refractivity contribution >= 4 is 6.08 Å². The zero-order valence-electron chi connectivity index (χ0n) is 15.4. The standard InChI is InChI=1S/C22H31F/c1-15-16(2)18(4)22(19(5)17(15)3)13-12-21-10-8-20(9-11-21)7-6-14-23/h6,12-14,20-21H,7-11H2,1-5H3/b13-12?,14-6+. The summed E-state index contributed by atoms with van der Waals surface area (Å²) < 4.78 is 12.1. The number of hydrogen-bond acceptors (Lipinski definition) is 0. The molecule has 0 spiro atoms. The maximum Gasteiger partial charge on any atom is 0.0827 e. The van der Waals surface area contributed by atoms with Gasteiger partial charge in [0.2, 0.25) is 0 Å². The Morgan fingerprint density at radius 2 is 1.35 bits per heavy atom. The highest BCUT2D eigenvalue weighted by atomic mass is 19.1. The SMILES string of the molecule is Cc1c(C)c(C)c(C=CC2CCC(C/C=C/F)CC2)c(C)c1C. The molecule has 0 nitrogen and oxygen atoms in total. The van der Waals surface area contributed by atoms with Crippen molar-refractivity contribution in [1.82, 2.24) is 0 Å². The Morgan fingerprint density at radius 1 is 0.826 bits per heavy atom. The van der Waals surface area contributed by atoms with E-state index in [0.29, 0.717) is 18.2 Å². The van der Waals surface area contributed by atoms with Crippen molar-refractivity contribution in [3.05, 3.63) is 51.9 Å².